The van der Waals surface area contributed by atoms with E-state index in [9.17, 15) is 0 Å². The molecule has 236 valence electrons. The zero-order valence-corrected chi connectivity index (χ0v) is 28.3. The molecule has 0 aliphatic heterocycles. The molecule has 1 aromatic heterocycles. The molecule has 0 aliphatic rings. The quantitative estimate of drug-likeness (QED) is 0.0689. The molecule has 0 amide bonds. The van der Waals surface area contributed by atoms with Crippen molar-refractivity contribution in [1.82, 2.24) is 4.98 Å². The van der Waals surface area contributed by atoms with Gasteiger partial charge in [0.05, 0.1) is 12.0 Å². The van der Waals surface area contributed by atoms with Crippen LogP contribution >= 0.6 is 0 Å². The molecular formula is C38H75N2+. The molecule has 0 spiro atoms. The van der Waals surface area contributed by atoms with E-state index in [0.717, 1.165) is 0 Å². The van der Waals surface area contributed by atoms with Crippen LogP contribution in [0.25, 0.3) is 0 Å². The molecule has 2 atom stereocenters. The number of nitrogens with zero attached hydrogens (tertiary/aromatic N) is 1. The molecular weight excluding hydrogens is 484 g/mol. The highest BCUT2D eigenvalue weighted by Crippen LogP contribution is 2.21. The van der Waals surface area contributed by atoms with Crippen LogP contribution in [0.4, 0.5) is 0 Å². The monoisotopic (exact) mass is 560 g/mol. The number of unbranched alkanes of at least 4 members (excludes halogenated alkanes) is 25. The maximum absolute atomic E-state index is 3.60. The van der Waals surface area contributed by atoms with Crippen molar-refractivity contribution in [1.29, 1.82) is 0 Å². The Morgan fingerprint density at radius 3 is 1.18 bits per heavy atom. The van der Waals surface area contributed by atoms with Crippen molar-refractivity contribution in [2.24, 2.45) is 0 Å². The first-order valence-electron chi connectivity index (χ1n) is 18.8. The predicted molar refractivity (Wildman–Crippen MR) is 179 cm³/mol. The van der Waals surface area contributed by atoms with Gasteiger partial charge in [-0.25, -0.2) is 9.55 Å². The zero-order valence-electron chi connectivity index (χ0n) is 28.3. The van der Waals surface area contributed by atoms with Crippen molar-refractivity contribution in [2.75, 3.05) is 0 Å². The van der Waals surface area contributed by atoms with Crippen LogP contribution in [0, 0.1) is 0 Å². The van der Waals surface area contributed by atoms with Gasteiger partial charge < -0.3 is 0 Å². The predicted octanol–water partition coefficient (Wildman–Crippen LogP) is 13.3. The first-order valence-corrected chi connectivity index (χ1v) is 18.8. The summed E-state index contributed by atoms with van der Waals surface area (Å²) < 4.78 is 2.55. The minimum Gasteiger partial charge on any atom is -0.247 e. The number of aromatic nitrogens is 2. The van der Waals surface area contributed by atoms with Crippen LogP contribution in [0.3, 0.4) is 0 Å². The number of hydrogen-bond acceptors (Lipinski definition) is 0. The molecule has 1 N–H and O–H groups in total. The fraction of sp³-hybridized carbons (Fsp3) is 0.921. The van der Waals surface area contributed by atoms with E-state index in [1.54, 1.807) is 0 Å². The van der Waals surface area contributed by atoms with Gasteiger partial charge in [0.2, 0.25) is 0 Å². The van der Waals surface area contributed by atoms with Gasteiger partial charge in [0.15, 0.2) is 0 Å². The Kier molecular flexibility index (Phi) is 26.4. The summed E-state index contributed by atoms with van der Waals surface area (Å²) in [5, 5.41) is 0. The summed E-state index contributed by atoms with van der Waals surface area (Å²) in [6, 6.07) is 0.618. The van der Waals surface area contributed by atoms with Gasteiger partial charge in [-0.3, -0.25) is 0 Å². The van der Waals surface area contributed by atoms with Crippen LogP contribution in [0.2, 0.25) is 0 Å². The normalized spacial score (nSPS) is 13.2. The maximum Gasteiger partial charge on any atom is 0.257 e. The maximum atomic E-state index is 3.60. The summed E-state index contributed by atoms with van der Waals surface area (Å²) in [7, 11) is 0. The van der Waals surface area contributed by atoms with E-state index >= 15 is 0 Å². The molecule has 40 heavy (non-hydrogen) atoms. The van der Waals surface area contributed by atoms with Gasteiger partial charge in [0.25, 0.3) is 5.82 Å². The van der Waals surface area contributed by atoms with Crippen molar-refractivity contribution in [3.8, 4) is 0 Å². The average Bonchev–Trinajstić information content (AvgIpc) is 3.46. The molecule has 2 unspecified atom stereocenters. The minimum absolute atomic E-state index is 0.618. The van der Waals surface area contributed by atoms with Gasteiger partial charge in [-0.2, -0.15) is 0 Å². The lowest BCUT2D eigenvalue weighted by Gasteiger charge is -2.14. The summed E-state index contributed by atoms with van der Waals surface area (Å²) in [5.74, 6) is 2.10. The van der Waals surface area contributed by atoms with Gasteiger partial charge >= 0.3 is 0 Å². The zero-order chi connectivity index (χ0) is 28.9. The summed E-state index contributed by atoms with van der Waals surface area (Å²) in [6.45, 7) is 9.47. The van der Waals surface area contributed by atoms with Crippen LogP contribution in [0.1, 0.15) is 232 Å². The number of rotatable bonds is 31. The van der Waals surface area contributed by atoms with Crippen molar-refractivity contribution in [2.45, 2.75) is 226 Å². The molecule has 0 saturated carbocycles. The van der Waals surface area contributed by atoms with Crippen LogP contribution in [0.5, 0.6) is 0 Å². The third-order valence-corrected chi connectivity index (χ3v) is 9.40. The summed E-state index contributed by atoms with van der Waals surface area (Å²) >= 11 is 0. The average molecular weight is 560 g/mol. The Bertz CT molecular complexity index is 621. The largest absolute Gasteiger partial charge is 0.257 e. The molecule has 2 heteroatoms. The third kappa shape index (κ3) is 21.0. The SMILES string of the molecule is CCCCCCCCCCCCCCCCCC(C)c1[nH]cc[n+]1C(C)CCCCCCCCCCCCCC. The molecule has 0 saturated heterocycles. The molecule has 1 aromatic rings. The molecule has 0 aromatic carbocycles. The Balaban J connectivity index is 1.99. The topological polar surface area (TPSA) is 19.7 Å². The minimum atomic E-state index is 0.618. The van der Waals surface area contributed by atoms with E-state index in [-0.39, 0.29) is 0 Å². The van der Waals surface area contributed by atoms with Crippen LogP contribution < -0.4 is 4.57 Å². The van der Waals surface area contributed by atoms with Gasteiger partial charge in [-0.15, -0.1) is 0 Å². The highest BCUT2D eigenvalue weighted by molar-refractivity contribution is 4.87. The molecule has 0 aliphatic carbocycles. The molecule has 0 fully saturated rings. The van der Waals surface area contributed by atoms with E-state index in [0.29, 0.717) is 12.0 Å². The fourth-order valence-corrected chi connectivity index (χ4v) is 6.52. The summed E-state index contributed by atoms with van der Waals surface area (Å²) in [5.41, 5.74) is 0. The van der Waals surface area contributed by atoms with Crippen molar-refractivity contribution in [3.05, 3.63) is 18.2 Å². The Hall–Kier alpha value is -0.790. The van der Waals surface area contributed by atoms with E-state index in [2.05, 4.69) is 49.6 Å². The lowest BCUT2D eigenvalue weighted by atomic mass is 9.99. The summed E-state index contributed by atoms with van der Waals surface area (Å²) in [6.07, 6.45) is 46.0. The Labute approximate surface area is 253 Å². The van der Waals surface area contributed by atoms with E-state index in [1.165, 1.54) is 192 Å². The van der Waals surface area contributed by atoms with Crippen molar-refractivity contribution in [3.63, 3.8) is 0 Å². The molecule has 0 radical (unpaired) electrons. The third-order valence-electron chi connectivity index (χ3n) is 9.40. The smallest absolute Gasteiger partial charge is 0.247 e. The van der Waals surface area contributed by atoms with Gasteiger partial charge in [-0.05, 0) is 26.2 Å². The highest BCUT2D eigenvalue weighted by atomic mass is 15.1. The lowest BCUT2D eigenvalue weighted by Crippen LogP contribution is -2.40. The number of nitrogens with one attached hydrogen (secondary N) is 1. The second-order valence-corrected chi connectivity index (χ2v) is 13.4. The van der Waals surface area contributed by atoms with Gasteiger partial charge in [0, 0.05) is 0 Å². The van der Waals surface area contributed by atoms with Gasteiger partial charge in [-0.1, -0.05) is 188 Å². The second kappa shape index (κ2) is 28.3. The molecule has 1 rings (SSSR count). The van der Waals surface area contributed by atoms with Crippen LogP contribution in [0.15, 0.2) is 12.4 Å². The van der Waals surface area contributed by atoms with Crippen molar-refractivity contribution < 1.29 is 4.57 Å². The van der Waals surface area contributed by atoms with Crippen molar-refractivity contribution >= 4 is 0 Å². The Morgan fingerprint density at radius 1 is 0.475 bits per heavy atom. The number of imidazole rings is 1. The number of hydrogen-bond donors (Lipinski definition) is 1. The lowest BCUT2D eigenvalue weighted by molar-refractivity contribution is -0.727. The van der Waals surface area contributed by atoms with Crippen LogP contribution in [-0.2, 0) is 0 Å². The standard InChI is InChI=1S/C38H74N2/c1-5-7-9-11-13-15-17-19-20-21-22-24-26-28-30-32-36(3)38-39-34-35-40(38)37(4)33-31-29-27-25-23-18-16-14-12-10-8-6-2/h34-37H,5-33H2,1-4H3/p+1. The van der Waals surface area contributed by atoms with E-state index in [4.69, 9.17) is 0 Å². The fourth-order valence-electron chi connectivity index (χ4n) is 6.52. The molecule has 2 nitrogen and oxygen atoms in total. The van der Waals surface area contributed by atoms with E-state index < -0.39 is 0 Å². The van der Waals surface area contributed by atoms with E-state index in [1.807, 2.05) is 0 Å². The number of H-pyrrole nitrogens is 1. The summed E-state index contributed by atoms with van der Waals surface area (Å²) in [4.78, 5) is 3.60. The second-order valence-electron chi connectivity index (χ2n) is 13.4. The molecule has 0 bridgehead atoms. The highest BCUT2D eigenvalue weighted by Gasteiger charge is 2.22. The first kappa shape index (κ1) is 37.2. The van der Waals surface area contributed by atoms with Crippen LogP contribution in [-0.4, -0.2) is 4.98 Å². The van der Waals surface area contributed by atoms with Gasteiger partial charge in [0.1, 0.15) is 12.4 Å². The Morgan fingerprint density at radius 2 is 0.800 bits per heavy atom. The number of aromatic amines is 1. The first-order chi connectivity index (χ1) is 19.7. The molecule has 1 heterocycles.